The highest BCUT2D eigenvalue weighted by Crippen LogP contribution is 2.32. The third-order valence-corrected chi connectivity index (χ3v) is 2.22. The van der Waals surface area contributed by atoms with Crippen LogP contribution in [0.5, 0.6) is 11.5 Å². The van der Waals surface area contributed by atoms with Crippen LogP contribution in [-0.4, -0.2) is 32.5 Å². The summed E-state index contributed by atoms with van der Waals surface area (Å²) in [6, 6.07) is 5.00. The number of methoxy groups -OCH3 is 1. The van der Waals surface area contributed by atoms with Crippen molar-refractivity contribution in [2.24, 2.45) is 4.99 Å². The lowest BCUT2D eigenvalue weighted by Crippen LogP contribution is -2.38. The van der Waals surface area contributed by atoms with Crippen molar-refractivity contribution in [2.45, 2.75) is 6.10 Å². The van der Waals surface area contributed by atoms with E-state index in [1.807, 2.05) is 0 Å². The van der Waals surface area contributed by atoms with Gasteiger partial charge < -0.3 is 14.2 Å². The maximum Gasteiger partial charge on any atom is 0.240 e. The van der Waals surface area contributed by atoms with Crippen LogP contribution in [0.4, 0.5) is 5.69 Å². The van der Waals surface area contributed by atoms with Crippen LogP contribution in [0, 0.1) is 0 Å². The van der Waals surface area contributed by atoms with Crippen molar-refractivity contribution in [1.29, 1.82) is 0 Å². The molecule has 0 aromatic heterocycles. The standard InChI is InChI=1S/C11H11NO4/c1-14-10-3-2-8(12-7-13)4-11(10)16-9-5-15-6-9/h2-4,9H,5-6H2,1H3. The van der Waals surface area contributed by atoms with Gasteiger partial charge in [-0.05, 0) is 12.1 Å². The molecular weight excluding hydrogens is 210 g/mol. The van der Waals surface area contributed by atoms with Gasteiger partial charge in [0.05, 0.1) is 26.0 Å². The highest BCUT2D eigenvalue weighted by molar-refractivity contribution is 5.56. The summed E-state index contributed by atoms with van der Waals surface area (Å²) in [4.78, 5) is 13.7. The lowest BCUT2D eigenvalue weighted by Gasteiger charge is -2.27. The zero-order chi connectivity index (χ0) is 11.4. The highest BCUT2D eigenvalue weighted by atomic mass is 16.6. The maximum absolute atomic E-state index is 10.1. The van der Waals surface area contributed by atoms with Crippen LogP contribution >= 0.6 is 0 Å². The van der Waals surface area contributed by atoms with Gasteiger partial charge in [0.15, 0.2) is 11.5 Å². The number of benzene rings is 1. The summed E-state index contributed by atoms with van der Waals surface area (Å²) in [5.74, 6) is 1.17. The number of aliphatic imine (C=N–C) groups is 1. The van der Waals surface area contributed by atoms with Gasteiger partial charge in [-0.25, -0.2) is 4.79 Å². The van der Waals surface area contributed by atoms with Gasteiger partial charge in [-0.2, -0.15) is 4.99 Å². The first-order valence-corrected chi connectivity index (χ1v) is 4.84. The minimum Gasteiger partial charge on any atom is -0.493 e. The van der Waals surface area contributed by atoms with Crippen molar-refractivity contribution < 1.29 is 19.0 Å². The Labute approximate surface area is 92.6 Å². The Balaban J connectivity index is 2.22. The molecule has 1 aliphatic rings. The molecule has 2 rings (SSSR count). The number of hydrogen-bond donors (Lipinski definition) is 0. The molecule has 0 amide bonds. The molecule has 0 unspecified atom stereocenters. The smallest absolute Gasteiger partial charge is 0.240 e. The highest BCUT2D eigenvalue weighted by Gasteiger charge is 2.21. The van der Waals surface area contributed by atoms with Crippen LogP contribution in [0.1, 0.15) is 0 Å². The second kappa shape index (κ2) is 4.79. The first-order valence-electron chi connectivity index (χ1n) is 4.84. The van der Waals surface area contributed by atoms with E-state index < -0.39 is 0 Å². The molecule has 1 fully saturated rings. The molecular formula is C11H11NO4. The van der Waals surface area contributed by atoms with Gasteiger partial charge in [0, 0.05) is 6.07 Å². The van der Waals surface area contributed by atoms with Crippen molar-refractivity contribution in [3.05, 3.63) is 18.2 Å². The van der Waals surface area contributed by atoms with Gasteiger partial charge in [0.2, 0.25) is 6.08 Å². The van der Waals surface area contributed by atoms with Gasteiger partial charge in [-0.15, -0.1) is 0 Å². The topological polar surface area (TPSA) is 57.1 Å². The third kappa shape index (κ3) is 2.21. The second-order valence-corrected chi connectivity index (χ2v) is 3.32. The summed E-state index contributed by atoms with van der Waals surface area (Å²) in [7, 11) is 1.56. The Morgan fingerprint density at radius 1 is 1.44 bits per heavy atom. The van der Waals surface area contributed by atoms with Crippen LogP contribution in [0.25, 0.3) is 0 Å². The molecule has 84 valence electrons. The van der Waals surface area contributed by atoms with E-state index in [0.29, 0.717) is 30.4 Å². The Hall–Kier alpha value is -1.84. The zero-order valence-corrected chi connectivity index (χ0v) is 8.80. The minimum atomic E-state index is 0.0457. The predicted molar refractivity (Wildman–Crippen MR) is 56.0 cm³/mol. The van der Waals surface area contributed by atoms with E-state index in [1.165, 1.54) is 6.08 Å². The summed E-state index contributed by atoms with van der Waals surface area (Å²) < 4.78 is 15.8. The molecule has 16 heavy (non-hydrogen) atoms. The predicted octanol–water partition coefficient (Wildman–Crippen LogP) is 1.44. The van der Waals surface area contributed by atoms with E-state index in [1.54, 1.807) is 25.3 Å². The molecule has 0 N–H and O–H groups in total. The van der Waals surface area contributed by atoms with Crippen LogP contribution in [0.3, 0.4) is 0 Å². The molecule has 1 aliphatic heterocycles. The molecule has 0 bridgehead atoms. The van der Waals surface area contributed by atoms with Gasteiger partial charge in [0.1, 0.15) is 6.10 Å². The first-order chi connectivity index (χ1) is 7.83. The SMILES string of the molecule is COc1ccc(N=C=O)cc1OC1COC1. The van der Waals surface area contributed by atoms with Gasteiger partial charge in [0.25, 0.3) is 0 Å². The van der Waals surface area contributed by atoms with Crippen molar-refractivity contribution in [3.8, 4) is 11.5 Å². The fraction of sp³-hybridized carbons (Fsp3) is 0.364. The van der Waals surface area contributed by atoms with E-state index in [2.05, 4.69) is 4.99 Å². The van der Waals surface area contributed by atoms with Crippen LogP contribution in [0.2, 0.25) is 0 Å². The van der Waals surface area contributed by atoms with Gasteiger partial charge >= 0.3 is 0 Å². The second-order valence-electron chi connectivity index (χ2n) is 3.32. The van der Waals surface area contributed by atoms with E-state index >= 15 is 0 Å². The molecule has 5 nitrogen and oxygen atoms in total. The first kappa shape index (κ1) is 10.7. The lowest BCUT2D eigenvalue weighted by molar-refractivity contribution is -0.0803. The molecule has 0 spiro atoms. The molecule has 0 atom stereocenters. The minimum absolute atomic E-state index is 0.0457. The monoisotopic (exact) mass is 221 g/mol. The van der Waals surface area contributed by atoms with Crippen LogP contribution < -0.4 is 9.47 Å². The fourth-order valence-corrected chi connectivity index (χ4v) is 1.34. The van der Waals surface area contributed by atoms with Crippen LogP contribution in [-0.2, 0) is 9.53 Å². The van der Waals surface area contributed by atoms with Gasteiger partial charge in [-0.1, -0.05) is 0 Å². The van der Waals surface area contributed by atoms with E-state index in [0.717, 1.165) is 0 Å². The van der Waals surface area contributed by atoms with Crippen molar-refractivity contribution in [1.82, 2.24) is 0 Å². The summed E-state index contributed by atoms with van der Waals surface area (Å²) >= 11 is 0. The average Bonchev–Trinajstić information content (AvgIpc) is 2.24. The largest absolute Gasteiger partial charge is 0.493 e. The van der Waals surface area contributed by atoms with E-state index in [9.17, 15) is 4.79 Å². The molecule has 1 aromatic carbocycles. The number of nitrogens with zero attached hydrogens (tertiary/aromatic N) is 1. The molecule has 0 aliphatic carbocycles. The molecule has 1 aromatic rings. The number of carbonyl (C=O) groups excluding carboxylic acids is 1. The Morgan fingerprint density at radius 2 is 2.25 bits per heavy atom. The molecule has 0 radical (unpaired) electrons. The number of ether oxygens (including phenoxy) is 3. The van der Waals surface area contributed by atoms with Crippen molar-refractivity contribution in [2.75, 3.05) is 20.3 Å². The normalized spacial score (nSPS) is 14.8. The lowest BCUT2D eigenvalue weighted by atomic mass is 10.2. The van der Waals surface area contributed by atoms with E-state index in [-0.39, 0.29) is 6.10 Å². The average molecular weight is 221 g/mol. The quantitative estimate of drug-likeness (QED) is 0.570. The van der Waals surface area contributed by atoms with E-state index in [4.69, 9.17) is 14.2 Å². The Kier molecular flexibility index (Phi) is 3.19. The molecule has 0 saturated carbocycles. The maximum atomic E-state index is 10.1. The number of rotatable bonds is 4. The fourth-order valence-electron chi connectivity index (χ4n) is 1.34. The number of hydrogen-bond acceptors (Lipinski definition) is 5. The molecule has 5 heteroatoms. The summed E-state index contributed by atoms with van der Waals surface area (Å²) in [6.45, 7) is 1.15. The Bertz CT molecular complexity index is 422. The van der Waals surface area contributed by atoms with Gasteiger partial charge in [-0.3, -0.25) is 0 Å². The number of isocyanates is 1. The van der Waals surface area contributed by atoms with Crippen LogP contribution in [0.15, 0.2) is 23.2 Å². The molecule has 1 heterocycles. The molecule has 1 saturated heterocycles. The Morgan fingerprint density at radius 3 is 2.81 bits per heavy atom. The summed E-state index contributed by atoms with van der Waals surface area (Å²) in [6.07, 6.45) is 1.53. The zero-order valence-electron chi connectivity index (χ0n) is 8.80. The third-order valence-electron chi connectivity index (χ3n) is 2.22. The van der Waals surface area contributed by atoms with Crippen molar-refractivity contribution in [3.63, 3.8) is 0 Å². The summed E-state index contributed by atoms with van der Waals surface area (Å²) in [5.41, 5.74) is 0.492. The summed E-state index contributed by atoms with van der Waals surface area (Å²) in [5, 5.41) is 0. The van der Waals surface area contributed by atoms with Crippen molar-refractivity contribution >= 4 is 11.8 Å².